The lowest BCUT2D eigenvalue weighted by atomic mass is 9.83. The SMILES string of the molecule is COc1ccccc1C=Cc1nc(C#N)c(N2CC3CC(C2)c2cccc(=O)n2C3)o1. The van der Waals surface area contributed by atoms with Crippen LogP contribution in [0.5, 0.6) is 5.75 Å². The summed E-state index contributed by atoms with van der Waals surface area (Å²) in [6.45, 7) is 2.12. The average Bonchev–Trinajstić information content (AvgIpc) is 3.22. The zero-order valence-corrected chi connectivity index (χ0v) is 17.2. The van der Waals surface area contributed by atoms with E-state index in [-0.39, 0.29) is 17.2 Å². The zero-order chi connectivity index (χ0) is 21.4. The molecule has 0 amide bonds. The number of nitrogens with zero attached hydrogens (tertiary/aromatic N) is 4. The van der Waals surface area contributed by atoms with Crippen LogP contribution in [0.4, 0.5) is 5.88 Å². The van der Waals surface area contributed by atoms with Crippen molar-refractivity contribution in [2.24, 2.45) is 5.92 Å². The zero-order valence-electron chi connectivity index (χ0n) is 17.2. The minimum absolute atomic E-state index is 0.0572. The molecule has 0 radical (unpaired) electrons. The smallest absolute Gasteiger partial charge is 0.250 e. The fourth-order valence-electron chi connectivity index (χ4n) is 4.71. The predicted molar refractivity (Wildman–Crippen MR) is 117 cm³/mol. The van der Waals surface area contributed by atoms with Crippen molar-refractivity contribution in [1.82, 2.24) is 9.55 Å². The molecule has 3 aromatic rings. The molecule has 2 atom stereocenters. The second-order valence-corrected chi connectivity index (χ2v) is 8.00. The summed E-state index contributed by atoms with van der Waals surface area (Å²) in [6, 6.07) is 15.3. The molecule has 0 aliphatic carbocycles. The number of anilines is 1. The fourth-order valence-corrected chi connectivity index (χ4v) is 4.71. The Morgan fingerprint density at radius 2 is 2.03 bits per heavy atom. The number of piperidine rings is 1. The second kappa shape index (κ2) is 7.80. The summed E-state index contributed by atoms with van der Waals surface area (Å²) in [6.07, 6.45) is 4.65. The first-order chi connectivity index (χ1) is 15.2. The minimum Gasteiger partial charge on any atom is -0.496 e. The highest BCUT2D eigenvalue weighted by Crippen LogP contribution is 2.38. The summed E-state index contributed by atoms with van der Waals surface area (Å²) in [4.78, 5) is 18.7. The van der Waals surface area contributed by atoms with Gasteiger partial charge in [-0.15, -0.1) is 0 Å². The average molecular weight is 414 g/mol. The maximum Gasteiger partial charge on any atom is 0.250 e. The van der Waals surface area contributed by atoms with Crippen LogP contribution in [0.3, 0.4) is 0 Å². The molecule has 31 heavy (non-hydrogen) atoms. The largest absolute Gasteiger partial charge is 0.496 e. The summed E-state index contributed by atoms with van der Waals surface area (Å²) in [7, 11) is 1.63. The first-order valence-electron chi connectivity index (χ1n) is 10.3. The van der Waals surface area contributed by atoms with Crippen molar-refractivity contribution in [3.63, 3.8) is 0 Å². The van der Waals surface area contributed by atoms with Crippen molar-refractivity contribution in [3.05, 3.63) is 75.7 Å². The maximum atomic E-state index is 12.2. The summed E-state index contributed by atoms with van der Waals surface area (Å²) in [5.74, 6) is 2.19. The van der Waals surface area contributed by atoms with E-state index in [9.17, 15) is 10.1 Å². The van der Waals surface area contributed by atoms with Crippen LogP contribution in [0.2, 0.25) is 0 Å². The number of oxazole rings is 1. The Labute approximate surface area is 179 Å². The van der Waals surface area contributed by atoms with Crippen molar-refractivity contribution in [2.75, 3.05) is 25.1 Å². The van der Waals surface area contributed by atoms with Crippen molar-refractivity contribution < 1.29 is 9.15 Å². The number of pyridine rings is 1. The van der Waals surface area contributed by atoms with Crippen molar-refractivity contribution in [1.29, 1.82) is 5.26 Å². The van der Waals surface area contributed by atoms with Crippen molar-refractivity contribution in [2.45, 2.75) is 18.9 Å². The van der Waals surface area contributed by atoms with Crippen LogP contribution in [-0.2, 0) is 6.54 Å². The van der Waals surface area contributed by atoms with E-state index in [0.29, 0.717) is 30.8 Å². The molecular formula is C24H22N4O3. The number of rotatable bonds is 4. The quantitative estimate of drug-likeness (QED) is 0.650. The number of hydrogen-bond donors (Lipinski definition) is 0. The molecule has 4 heterocycles. The molecule has 0 spiro atoms. The normalized spacial score (nSPS) is 19.8. The lowest BCUT2D eigenvalue weighted by Gasteiger charge is -2.42. The highest BCUT2D eigenvalue weighted by Gasteiger charge is 2.36. The van der Waals surface area contributed by atoms with Crippen LogP contribution in [0.15, 0.2) is 51.7 Å². The molecule has 0 N–H and O–H groups in total. The summed E-state index contributed by atoms with van der Waals surface area (Å²) >= 11 is 0. The number of fused-ring (bicyclic) bond motifs is 4. The third kappa shape index (κ3) is 3.50. The third-order valence-corrected chi connectivity index (χ3v) is 6.04. The van der Waals surface area contributed by atoms with Gasteiger partial charge < -0.3 is 18.6 Å². The topological polar surface area (TPSA) is 84.3 Å². The predicted octanol–water partition coefficient (Wildman–Crippen LogP) is 3.51. The van der Waals surface area contributed by atoms with Gasteiger partial charge in [-0.3, -0.25) is 4.79 Å². The van der Waals surface area contributed by atoms with Crippen molar-refractivity contribution >= 4 is 18.0 Å². The Morgan fingerprint density at radius 3 is 2.87 bits per heavy atom. The number of ether oxygens (including phenoxy) is 1. The van der Waals surface area contributed by atoms with E-state index < -0.39 is 0 Å². The van der Waals surface area contributed by atoms with E-state index in [1.165, 1.54) is 0 Å². The lowest BCUT2D eigenvalue weighted by Crippen LogP contribution is -2.47. The van der Waals surface area contributed by atoms with E-state index >= 15 is 0 Å². The van der Waals surface area contributed by atoms with Crippen LogP contribution < -0.4 is 15.2 Å². The Kier molecular flexibility index (Phi) is 4.83. The number of benzene rings is 1. The fraction of sp³-hybridized carbons (Fsp3) is 0.292. The third-order valence-electron chi connectivity index (χ3n) is 6.04. The summed E-state index contributed by atoms with van der Waals surface area (Å²) in [5.41, 5.74) is 2.30. The molecule has 1 aromatic carbocycles. The molecule has 2 aliphatic rings. The molecule has 2 aromatic heterocycles. The number of methoxy groups -OCH3 is 1. The van der Waals surface area contributed by atoms with Gasteiger partial charge in [0.15, 0.2) is 0 Å². The van der Waals surface area contributed by atoms with Gasteiger partial charge in [-0.05, 0) is 30.5 Å². The van der Waals surface area contributed by atoms with Crippen LogP contribution in [-0.4, -0.2) is 29.8 Å². The van der Waals surface area contributed by atoms with Crippen LogP contribution in [0.25, 0.3) is 12.2 Å². The first kappa shape index (κ1) is 19.2. The van der Waals surface area contributed by atoms with Crippen LogP contribution in [0, 0.1) is 17.2 Å². The van der Waals surface area contributed by atoms with Gasteiger partial charge in [-0.2, -0.15) is 10.2 Å². The molecule has 1 fully saturated rings. The van der Waals surface area contributed by atoms with Gasteiger partial charge in [0.25, 0.3) is 5.56 Å². The van der Waals surface area contributed by atoms with Gasteiger partial charge >= 0.3 is 0 Å². The molecule has 2 unspecified atom stereocenters. The molecule has 5 rings (SSSR count). The molecule has 156 valence electrons. The second-order valence-electron chi connectivity index (χ2n) is 8.00. The van der Waals surface area contributed by atoms with E-state index in [0.717, 1.165) is 30.0 Å². The monoisotopic (exact) mass is 414 g/mol. The van der Waals surface area contributed by atoms with Gasteiger partial charge in [0.1, 0.15) is 11.8 Å². The van der Waals surface area contributed by atoms with Crippen LogP contribution >= 0.6 is 0 Å². The Morgan fingerprint density at radius 1 is 1.16 bits per heavy atom. The number of hydrogen-bond acceptors (Lipinski definition) is 6. The Hall–Kier alpha value is -3.79. The summed E-state index contributed by atoms with van der Waals surface area (Å²) in [5, 5.41) is 9.64. The van der Waals surface area contributed by atoms with Crippen LogP contribution in [0.1, 0.15) is 35.2 Å². The molecule has 2 bridgehead atoms. The highest BCUT2D eigenvalue weighted by molar-refractivity contribution is 5.70. The van der Waals surface area contributed by atoms with Gasteiger partial charge in [0.05, 0.1) is 7.11 Å². The number of nitriles is 1. The Balaban J connectivity index is 1.43. The summed E-state index contributed by atoms with van der Waals surface area (Å²) < 4.78 is 13.3. The van der Waals surface area contributed by atoms with E-state index in [2.05, 4.69) is 16.0 Å². The lowest BCUT2D eigenvalue weighted by molar-refractivity contribution is 0.275. The van der Waals surface area contributed by atoms with E-state index in [1.54, 1.807) is 19.3 Å². The molecule has 7 heteroatoms. The van der Waals surface area contributed by atoms with Crippen molar-refractivity contribution in [3.8, 4) is 11.8 Å². The molecule has 0 saturated carbocycles. The maximum absolute atomic E-state index is 12.2. The first-order valence-corrected chi connectivity index (χ1v) is 10.3. The minimum atomic E-state index is 0.0572. The number of aromatic nitrogens is 2. The number of para-hydroxylation sites is 1. The van der Waals surface area contributed by atoms with E-state index in [1.807, 2.05) is 47.0 Å². The van der Waals surface area contributed by atoms with Gasteiger partial charge in [-0.1, -0.05) is 24.3 Å². The van der Waals surface area contributed by atoms with Gasteiger partial charge in [0, 0.05) is 49.0 Å². The van der Waals surface area contributed by atoms with Gasteiger partial charge in [0.2, 0.25) is 17.5 Å². The highest BCUT2D eigenvalue weighted by atomic mass is 16.5. The molecule has 2 aliphatic heterocycles. The molecule has 7 nitrogen and oxygen atoms in total. The van der Waals surface area contributed by atoms with Gasteiger partial charge in [-0.25, -0.2) is 0 Å². The molecular weight excluding hydrogens is 392 g/mol. The Bertz CT molecular complexity index is 1250. The standard InChI is InChI=1S/C24H22N4O3/c1-30-21-7-3-2-5-17(21)9-10-22-26-19(12-25)24(31-22)27-13-16-11-18(15-27)20-6-4-8-23(29)28(20)14-16/h2-10,16,18H,11,13-15H2,1H3. The molecule has 1 saturated heterocycles. The van der Waals surface area contributed by atoms with E-state index in [4.69, 9.17) is 9.15 Å².